The molecule has 3 aromatic rings. The lowest BCUT2D eigenvalue weighted by Crippen LogP contribution is -2.33. The van der Waals surface area contributed by atoms with Gasteiger partial charge in [0.2, 0.25) is 0 Å². The summed E-state index contributed by atoms with van der Waals surface area (Å²) in [7, 11) is -4.17. The van der Waals surface area contributed by atoms with Crippen molar-refractivity contribution >= 4 is 27.2 Å². The van der Waals surface area contributed by atoms with Gasteiger partial charge in [-0.25, -0.2) is 13.0 Å². The zero-order valence-corrected chi connectivity index (χ0v) is 15.3. The SMILES string of the molecule is O=S(=O)([O-])CCC[n+]1ccc(N2c3ccccc3Oc3ccccc32)cc1. The van der Waals surface area contributed by atoms with Gasteiger partial charge in [-0.2, -0.15) is 0 Å². The minimum Gasteiger partial charge on any atom is -0.748 e. The molecule has 6 nitrogen and oxygen atoms in total. The van der Waals surface area contributed by atoms with E-state index in [9.17, 15) is 13.0 Å². The van der Waals surface area contributed by atoms with Crippen molar-refractivity contribution in [2.24, 2.45) is 0 Å². The van der Waals surface area contributed by atoms with Gasteiger partial charge in [0.1, 0.15) is 6.54 Å². The third-order valence-electron chi connectivity index (χ3n) is 4.37. The molecule has 2 heterocycles. The quantitative estimate of drug-likeness (QED) is 0.390. The molecule has 2 aromatic carbocycles. The van der Waals surface area contributed by atoms with Crippen LogP contribution in [0.15, 0.2) is 73.1 Å². The topological polar surface area (TPSA) is 73.6 Å². The van der Waals surface area contributed by atoms with Gasteiger partial charge in [-0.3, -0.25) is 0 Å². The molecule has 0 spiro atoms. The van der Waals surface area contributed by atoms with Crippen LogP contribution in [0.4, 0.5) is 17.1 Å². The molecule has 0 bridgehead atoms. The zero-order chi connectivity index (χ0) is 18.9. The van der Waals surface area contributed by atoms with E-state index in [1.54, 1.807) is 0 Å². The number of hydrogen-bond acceptors (Lipinski definition) is 5. The first kappa shape index (κ1) is 17.5. The number of pyridine rings is 1. The highest BCUT2D eigenvalue weighted by atomic mass is 32.2. The van der Waals surface area contributed by atoms with E-state index in [1.165, 1.54) is 0 Å². The first-order valence-corrected chi connectivity index (χ1v) is 10.2. The molecule has 1 aliphatic heterocycles. The van der Waals surface area contributed by atoms with Gasteiger partial charge < -0.3 is 14.2 Å². The summed E-state index contributed by atoms with van der Waals surface area (Å²) in [6, 6.07) is 19.6. The van der Waals surface area contributed by atoms with Crippen molar-refractivity contribution in [3.8, 4) is 11.5 Å². The number of ether oxygens (including phenoxy) is 1. The van der Waals surface area contributed by atoms with Crippen LogP contribution in [-0.4, -0.2) is 18.7 Å². The third kappa shape index (κ3) is 3.79. The van der Waals surface area contributed by atoms with Crippen LogP contribution in [-0.2, 0) is 16.7 Å². The Morgan fingerprint density at radius 2 is 1.44 bits per heavy atom. The minimum absolute atomic E-state index is 0.291. The Morgan fingerprint density at radius 3 is 2.00 bits per heavy atom. The molecule has 0 N–H and O–H groups in total. The van der Waals surface area contributed by atoms with Gasteiger partial charge in [0.25, 0.3) is 0 Å². The van der Waals surface area contributed by atoms with Gasteiger partial charge in [0.05, 0.1) is 27.2 Å². The largest absolute Gasteiger partial charge is 0.748 e. The first-order chi connectivity index (χ1) is 13.0. The molecule has 1 aliphatic rings. The molecule has 4 rings (SSSR count). The van der Waals surface area contributed by atoms with Crippen LogP contribution in [0, 0.1) is 0 Å². The van der Waals surface area contributed by atoms with Crippen LogP contribution in [0.3, 0.4) is 0 Å². The number of rotatable bonds is 5. The predicted octanol–water partition coefficient (Wildman–Crippen LogP) is 3.48. The smallest absolute Gasteiger partial charge is 0.170 e. The predicted molar refractivity (Wildman–Crippen MR) is 101 cm³/mol. The fraction of sp³-hybridized carbons (Fsp3) is 0.150. The number of nitrogens with zero attached hydrogens (tertiary/aromatic N) is 2. The number of fused-ring (bicyclic) bond motifs is 2. The Labute approximate surface area is 158 Å². The molecular formula is C20H18N2O4S. The van der Waals surface area contributed by atoms with Crippen LogP contribution in [0.5, 0.6) is 11.5 Å². The van der Waals surface area contributed by atoms with E-state index >= 15 is 0 Å². The van der Waals surface area contributed by atoms with Crippen LogP contribution in [0.2, 0.25) is 0 Å². The lowest BCUT2D eigenvalue weighted by molar-refractivity contribution is -0.696. The highest BCUT2D eigenvalue weighted by molar-refractivity contribution is 7.85. The molecule has 7 heteroatoms. The fourth-order valence-electron chi connectivity index (χ4n) is 3.15. The van der Waals surface area contributed by atoms with Crippen molar-refractivity contribution in [3.05, 3.63) is 73.1 Å². The molecule has 0 atom stereocenters. The Bertz CT molecular complexity index is 1020. The van der Waals surface area contributed by atoms with Crippen molar-refractivity contribution < 1.29 is 22.3 Å². The number of hydrogen-bond donors (Lipinski definition) is 0. The summed E-state index contributed by atoms with van der Waals surface area (Å²) in [6.45, 7) is 0.470. The van der Waals surface area contributed by atoms with Crippen molar-refractivity contribution in [1.29, 1.82) is 0 Å². The van der Waals surface area contributed by atoms with Gasteiger partial charge >= 0.3 is 0 Å². The fourth-order valence-corrected chi connectivity index (χ4v) is 3.64. The second-order valence-corrected chi connectivity index (χ2v) is 7.81. The molecule has 0 fully saturated rings. The van der Waals surface area contributed by atoms with Crippen LogP contribution >= 0.6 is 0 Å². The molecule has 0 saturated heterocycles. The monoisotopic (exact) mass is 382 g/mol. The zero-order valence-electron chi connectivity index (χ0n) is 14.5. The van der Waals surface area contributed by atoms with Crippen molar-refractivity contribution in [2.45, 2.75) is 13.0 Å². The van der Waals surface area contributed by atoms with Crippen LogP contribution in [0.1, 0.15) is 6.42 Å². The van der Waals surface area contributed by atoms with Gasteiger partial charge in [0.15, 0.2) is 23.9 Å². The normalized spacial score (nSPS) is 12.9. The summed E-state index contributed by atoms with van der Waals surface area (Å²) in [5.74, 6) is 1.22. The molecule has 0 amide bonds. The van der Waals surface area contributed by atoms with Crippen LogP contribution in [0.25, 0.3) is 0 Å². The maximum Gasteiger partial charge on any atom is 0.170 e. The molecule has 0 aliphatic carbocycles. The lowest BCUT2D eigenvalue weighted by atomic mass is 10.1. The van der Waals surface area contributed by atoms with Crippen LogP contribution < -0.4 is 14.2 Å². The van der Waals surface area contributed by atoms with E-state index in [1.807, 2.05) is 77.6 Å². The minimum atomic E-state index is -4.17. The molecule has 0 unspecified atom stereocenters. The van der Waals surface area contributed by atoms with E-state index in [0.717, 1.165) is 28.6 Å². The average Bonchev–Trinajstić information content (AvgIpc) is 2.66. The molecule has 138 valence electrons. The van der Waals surface area contributed by atoms with Gasteiger partial charge in [-0.15, -0.1) is 0 Å². The molecule has 27 heavy (non-hydrogen) atoms. The Kier molecular flexibility index (Phi) is 4.55. The third-order valence-corrected chi connectivity index (χ3v) is 5.16. The Morgan fingerprint density at radius 1 is 0.889 bits per heavy atom. The number of anilines is 3. The van der Waals surface area contributed by atoms with E-state index in [-0.39, 0.29) is 5.75 Å². The maximum atomic E-state index is 10.7. The second kappa shape index (κ2) is 7.02. The highest BCUT2D eigenvalue weighted by Crippen LogP contribution is 2.49. The summed E-state index contributed by atoms with van der Waals surface area (Å²) in [6.07, 6.45) is 4.06. The van der Waals surface area contributed by atoms with Gasteiger partial charge in [-0.1, -0.05) is 24.3 Å². The van der Waals surface area contributed by atoms with Crippen molar-refractivity contribution in [3.63, 3.8) is 0 Å². The lowest BCUT2D eigenvalue weighted by Gasteiger charge is -2.32. The van der Waals surface area contributed by atoms with Gasteiger partial charge in [-0.05, 0) is 24.3 Å². The number of benzene rings is 2. The van der Waals surface area contributed by atoms with Crippen molar-refractivity contribution in [2.75, 3.05) is 10.7 Å². The summed E-state index contributed by atoms with van der Waals surface area (Å²) >= 11 is 0. The number of para-hydroxylation sites is 4. The maximum absolute atomic E-state index is 10.7. The molecule has 0 radical (unpaired) electrons. The Hall–Kier alpha value is -2.90. The number of aryl methyl sites for hydroxylation is 1. The first-order valence-electron chi connectivity index (χ1n) is 8.60. The summed E-state index contributed by atoms with van der Waals surface area (Å²) in [5.41, 5.74) is 2.86. The van der Waals surface area contributed by atoms with E-state index in [2.05, 4.69) is 4.90 Å². The number of aromatic nitrogens is 1. The molecule has 1 aromatic heterocycles. The van der Waals surface area contributed by atoms with E-state index in [4.69, 9.17) is 4.74 Å². The summed E-state index contributed by atoms with van der Waals surface area (Å²) in [4.78, 5) is 2.13. The van der Waals surface area contributed by atoms with Crippen molar-refractivity contribution in [1.82, 2.24) is 0 Å². The average molecular weight is 382 g/mol. The summed E-state index contributed by atoms with van der Waals surface area (Å²) in [5, 5.41) is 0. The standard InChI is InChI=1S/C20H18N2O4S/c23-27(24,25)15-5-12-21-13-10-16(11-14-21)22-17-6-1-3-8-19(17)26-20-9-4-2-7-18(20)22/h1-4,6-11,13-14H,5,12,15H2. The molecule has 0 saturated carbocycles. The summed E-state index contributed by atoms with van der Waals surface area (Å²) < 4.78 is 40.1. The second-order valence-electron chi connectivity index (χ2n) is 6.28. The molecular weight excluding hydrogens is 364 g/mol. The Balaban J connectivity index is 1.63. The van der Waals surface area contributed by atoms with Gasteiger partial charge in [0, 0.05) is 24.3 Å². The van der Waals surface area contributed by atoms with E-state index < -0.39 is 10.1 Å². The highest BCUT2D eigenvalue weighted by Gasteiger charge is 2.25. The van der Waals surface area contributed by atoms with E-state index in [0.29, 0.717) is 13.0 Å².